The topological polar surface area (TPSA) is 99.3 Å². The number of nitrogens with zero attached hydrogens (tertiary/aromatic N) is 5. The predicted octanol–water partition coefficient (Wildman–Crippen LogP) is 6.28. The van der Waals surface area contributed by atoms with Gasteiger partial charge in [-0.15, -0.1) is 0 Å². The zero-order chi connectivity index (χ0) is 30.6. The Hall–Kier alpha value is -4.59. The summed E-state index contributed by atoms with van der Waals surface area (Å²) in [7, 11) is -5.23. The molecule has 2 aromatic heterocycles. The van der Waals surface area contributed by atoms with Crippen molar-refractivity contribution in [2.45, 2.75) is 36.4 Å². The second kappa shape index (κ2) is 12.6. The summed E-state index contributed by atoms with van der Waals surface area (Å²) < 4.78 is 40.7. The molecular formula is C34H32N5O3PS. The van der Waals surface area contributed by atoms with Gasteiger partial charge in [-0.2, -0.15) is 0 Å². The fourth-order valence-electron chi connectivity index (χ4n) is 5.27. The fourth-order valence-corrected chi connectivity index (χ4v) is 10.2. The molecule has 8 nitrogen and oxygen atoms in total. The van der Waals surface area contributed by atoms with Crippen LogP contribution in [-0.2, 0) is 16.4 Å². The monoisotopic (exact) mass is 621 g/mol. The standard InChI is InChI=1S/C34H32N5O3PS/c1-3-4-23-39-33-31(37-34(39)44(40,41)30-22-14-15-26(24-30)42-2)32(35-25-36-33)38-43(27-16-8-5-9-17-27,28-18-10-6-11-19-28)29-20-12-7-13-21-29/h5-22,24-25H,3-4,23H2,1-2H3. The molecule has 10 heteroatoms. The van der Waals surface area contributed by atoms with Crippen molar-refractivity contribution in [2.75, 3.05) is 7.11 Å². The number of methoxy groups -OCH3 is 1. The first-order chi connectivity index (χ1) is 21.5. The largest absolute Gasteiger partial charge is 0.497 e. The molecule has 0 aliphatic heterocycles. The van der Waals surface area contributed by atoms with Crippen molar-refractivity contribution in [1.29, 1.82) is 0 Å². The van der Waals surface area contributed by atoms with E-state index in [0.717, 1.165) is 28.8 Å². The number of hydrogen-bond donors (Lipinski definition) is 0. The molecule has 44 heavy (non-hydrogen) atoms. The SMILES string of the molecule is CCCCn1c(S(=O)(=O)c2cccc(OC)c2)nc2c(N=P(c3ccccc3)(c3ccccc3)c3ccccc3)ncnc21. The molecule has 0 unspecified atom stereocenters. The third-order valence-electron chi connectivity index (χ3n) is 7.44. The van der Waals surface area contributed by atoms with Crippen LogP contribution in [0.25, 0.3) is 11.2 Å². The number of imidazole rings is 1. The first kappa shape index (κ1) is 29.5. The summed E-state index contributed by atoms with van der Waals surface area (Å²) in [6.07, 6.45) is 3.06. The van der Waals surface area contributed by atoms with Gasteiger partial charge in [-0.3, -0.25) is 4.57 Å². The molecular weight excluding hydrogens is 589 g/mol. The lowest BCUT2D eigenvalue weighted by Gasteiger charge is -2.26. The Bertz CT molecular complexity index is 1960. The molecule has 2 heterocycles. The number of aromatic nitrogens is 4. The molecule has 0 radical (unpaired) electrons. The summed E-state index contributed by atoms with van der Waals surface area (Å²) in [5, 5.41) is 3.03. The van der Waals surface area contributed by atoms with Gasteiger partial charge in [0.1, 0.15) is 12.1 Å². The Labute approximate surface area is 257 Å². The highest BCUT2D eigenvalue weighted by Gasteiger charge is 2.31. The molecule has 222 valence electrons. The van der Waals surface area contributed by atoms with E-state index in [4.69, 9.17) is 14.5 Å². The van der Waals surface area contributed by atoms with Gasteiger partial charge < -0.3 is 4.74 Å². The van der Waals surface area contributed by atoms with E-state index in [0.29, 0.717) is 29.3 Å². The van der Waals surface area contributed by atoms with E-state index in [1.165, 1.54) is 19.5 Å². The van der Waals surface area contributed by atoms with Gasteiger partial charge in [-0.25, -0.2) is 28.1 Å². The molecule has 0 bridgehead atoms. The number of aryl methyl sites for hydroxylation is 1. The van der Waals surface area contributed by atoms with Crippen molar-refractivity contribution in [3.63, 3.8) is 0 Å². The summed E-state index contributed by atoms with van der Waals surface area (Å²) in [5.41, 5.74) is 0.776. The van der Waals surface area contributed by atoms with Gasteiger partial charge in [0, 0.05) is 22.5 Å². The molecule has 0 spiro atoms. The van der Waals surface area contributed by atoms with Crippen molar-refractivity contribution < 1.29 is 13.2 Å². The smallest absolute Gasteiger partial charge is 0.240 e. The highest BCUT2D eigenvalue weighted by Crippen LogP contribution is 2.49. The minimum Gasteiger partial charge on any atom is -0.497 e. The number of ether oxygens (including phenoxy) is 1. The summed E-state index contributed by atoms with van der Waals surface area (Å²) in [4.78, 5) is 14.1. The zero-order valence-electron chi connectivity index (χ0n) is 24.5. The van der Waals surface area contributed by atoms with Gasteiger partial charge in [0.2, 0.25) is 15.0 Å². The van der Waals surface area contributed by atoms with Crippen molar-refractivity contribution in [3.8, 4) is 5.75 Å². The number of benzene rings is 4. The molecule has 0 atom stereocenters. The van der Waals surface area contributed by atoms with Crippen LogP contribution < -0.4 is 20.7 Å². The van der Waals surface area contributed by atoms with Crippen LogP contribution in [-0.4, -0.2) is 35.0 Å². The highest BCUT2D eigenvalue weighted by molar-refractivity contribution is 7.91. The van der Waals surface area contributed by atoms with Crippen molar-refractivity contribution >= 4 is 49.8 Å². The van der Waals surface area contributed by atoms with Crippen molar-refractivity contribution in [2.24, 2.45) is 4.74 Å². The van der Waals surface area contributed by atoms with E-state index >= 15 is 0 Å². The second-order valence-electron chi connectivity index (χ2n) is 10.2. The summed E-state index contributed by atoms with van der Waals surface area (Å²) >= 11 is 0. The number of fused-ring (bicyclic) bond motifs is 1. The summed E-state index contributed by atoms with van der Waals surface area (Å²) in [6, 6.07) is 37.0. The number of hydrogen-bond acceptors (Lipinski definition) is 7. The molecule has 0 N–H and O–H groups in total. The molecule has 0 saturated heterocycles. The Morgan fingerprint density at radius 3 is 1.93 bits per heavy atom. The Morgan fingerprint density at radius 2 is 1.39 bits per heavy atom. The molecule has 0 amide bonds. The van der Waals surface area contributed by atoms with Gasteiger partial charge in [0.25, 0.3) is 0 Å². The number of sulfone groups is 1. The maximum absolute atomic E-state index is 14.1. The number of unbranched alkanes of at least 4 members (excludes halogenated alkanes) is 1. The summed E-state index contributed by atoms with van der Waals surface area (Å²) in [6.45, 7) is 2.49. The van der Waals surface area contributed by atoms with E-state index in [1.807, 2.05) is 54.6 Å². The van der Waals surface area contributed by atoms with E-state index in [-0.39, 0.29) is 10.1 Å². The third kappa shape index (κ3) is 5.34. The lowest BCUT2D eigenvalue weighted by atomic mass is 10.3. The molecule has 0 aliphatic rings. The van der Waals surface area contributed by atoms with E-state index in [9.17, 15) is 8.42 Å². The average molecular weight is 622 g/mol. The molecule has 0 aliphatic carbocycles. The van der Waals surface area contributed by atoms with Crippen LogP contribution in [0.2, 0.25) is 0 Å². The molecule has 0 saturated carbocycles. The number of rotatable bonds is 10. The van der Waals surface area contributed by atoms with Crippen molar-refractivity contribution in [3.05, 3.63) is 122 Å². The Kier molecular flexibility index (Phi) is 8.42. The van der Waals surface area contributed by atoms with Crippen LogP contribution in [0.3, 0.4) is 0 Å². The summed E-state index contributed by atoms with van der Waals surface area (Å²) in [5.74, 6) is 0.790. The minimum atomic E-state index is -4.04. The van der Waals surface area contributed by atoms with Gasteiger partial charge in [-0.1, -0.05) is 110 Å². The van der Waals surface area contributed by atoms with Gasteiger partial charge >= 0.3 is 0 Å². The van der Waals surface area contributed by atoms with Gasteiger partial charge in [0.15, 0.2) is 17.0 Å². The lowest BCUT2D eigenvalue weighted by molar-refractivity contribution is 0.413. The van der Waals surface area contributed by atoms with Crippen LogP contribution in [0, 0.1) is 0 Å². The average Bonchev–Trinajstić information content (AvgIpc) is 3.47. The van der Waals surface area contributed by atoms with E-state index in [2.05, 4.69) is 53.3 Å². The zero-order valence-corrected chi connectivity index (χ0v) is 26.2. The van der Waals surface area contributed by atoms with E-state index in [1.54, 1.807) is 22.8 Å². The molecule has 4 aromatic carbocycles. The van der Waals surface area contributed by atoms with Gasteiger partial charge in [-0.05, 0) is 24.6 Å². The fraction of sp³-hybridized carbons (Fsp3) is 0.147. The molecule has 6 rings (SSSR count). The van der Waals surface area contributed by atoms with Crippen LogP contribution >= 0.6 is 7.05 Å². The first-order valence-corrected chi connectivity index (χ1v) is 17.6. The quantitative estimate of drug-likeness (QED) is 0.167. The predicted molar refractivity (Wildman–Crippen MR) is 176 cm³/mol. The lowest BCUT2D eigenvalue weighted by Crippen LogP contribution is -2.25. The normalized spacial score (nSPS) is 11.9. The van der Waals surface area contributed by atoms with E-state index < -0.39 is 16.9 Å². The van der Waals surface area contributed by atoms with Crippen LogP contribution in [0.15, 0.2) is 136 Å². The van der Waals surface area contributed by atoms with Crippen LogP contribution in [0.1, 0.15) is 19.8 Å². The maximum atomic E-state index is 14.1. The van der Waals surface area contributed by atoms with Gasteiger partial charge in [0.05, 0.1) is 19.1 Å². The van der Waals surface area contributed by atoms with Crippen LogP contribution in [0.5, 0.6) is 5.75 Å². The second-order valence-corrected chi connectivity index (χ2v) is 15.1. The van der Waals surface area contributed by atoms with Crippen molar-refractivity contribution in [1.82, 2.24) is 19.5 Å². The molecule has 0 fully saturated rings. The third-order valence-corrected chi connectivity index (χ3v) is 12.7. The Morgan fingerprint density at radius 1 is 0.795 bits per heavy atom. The molecule has 6 aromatic rings. The first-order valence-electron chi connectivity index (χ1n) is 14.4. The van der Waals surface area contributed by atoms with Crippen LogP contribution in [0.4, 0.5) is 5.82 Å². The highest BCUT2D eigenvalue weighted by atomic mass is 32.2. The Balaban J connectivity index is 1.69. The minimum absolute atomic E-state index is 0.0887. The maximum Gasteiger partial charge on any atom is 0.240 e.